The third kappa shape index (κ3) is 2.89. The number of carbonyl (C=O) groups is 1. The fraction of sp³-hybridized carbons (Fsp3) is 0.615. The summed E-state index contributed by atoms with van der Waals surface area (Å²) in [5.74, 6) is 0.149. The van der Waals surface area contributed by atoms with Crippen LogP contribution in [0.2, 0.25) is 0 Å². The van der Waals surface area contributed by atoms with E-state index in [0.29, 0.717) is 24.9 Å². The molecule has 3 atom stereocenters. The molecule has 0 bridgehead atoms. The van der Waals surface area contributed by atoms with E-state index in [9.17, 15) is 14.9 Å². The molecule has 0 radical (unpaired) electrons. The van der Waals surface area contributed by atoms with E-state index in [1.807, 2.05) is 0 Å². The summed E-state index contributed by atoms with van der Waals surface area (Å²) in [6.07, 6.45) is 3.21. The van der Waals surface area contributed by atoms with Crippen molar-refractivity contribution in [1.82, 2.24) is 4.90 Å². The van der Waals surface area contributed by atoms with Gasteiger partial charge in [-0.2, -0.15) is 0 Å². The fourth-order valence-electron chi connectivity index (χ4n) is 3.38. The van der Waals surface area contributed by atoms with E-state index in [0.717, 1.165) is 19.3 Å². The number of likely N-dealkylation sites (tertiary alicyclic amines) is 1. The maximum atomic E-state index is 12.3. The number of fused-ring (bicyclic) bond motifs is 1. The van der Waals surface area contributed by atoms with Crippen LogP contribution in [0.1, 0.15) is 29.8 Å². The van der Waals surface area contributed by atoms with Gasteiger partial charge in [0.2, 0.25) is 0 Å². The Morgan fingerprint density at radius 2 is 2.14 bits per heavy atom. The number of hydrogen-bond donors (Lipinski definition) is 1. The minimum atomic E-state index is -0.642. The van der Waals surface area contributed by atoms with Crippen LogP contribution in [0.3, 0.4) is 0 Å². The Kier molecular flexibility index (Phi) is 4.53. The van der Waals surface area contributed by atoms with Gasteiger partial charge in [0.1, 0.15) is 4.92 Å². The van der Waals surface area contributed by atoms with Crippen molar-refractivity contribution in [3.8, 4) is 0 Å². The van der Waals surface area contributed by atoms with Crippen LogP contribution in [0.15, 0.2) is 16.5 Å². The van der Waals surface area contributed by atoms with Crippen LogP contribution >= 0.6 is 12.4 Å². The molecule has 3 unspecified atom stereocenters. The monoisotopic (exact) mass is 315 g/mol. The van der Waals surface area contributed by atoms with E-state index in [1.165, 1.54) is 12.1 Å². The highest BCUT2D eigenvalue weighted by molar-refractivity contribution is 5.92. The van der Waals surface area contributed by atoms with Crippen molar-refractivity contribution in [3.63, 3.8) is 0 Å². The zero-order valence-electron chi connectivity index (χ0n) is 11.4. The minimum Gasteiger partial charge on any atom is -0.395 e. The molecular formula is C13H18ClN3O4. The SMILES string of the molecule is Cl.NC1CCCC2CN(C(=O)c3ccc([N+](=O)[O-])o3)CC12. The molecule has 3 rings (SSSR count). The van der Waals surface area contributed by atoms with Crippen LogP contribution in [0.25, 0.3) is 0 Å². The lowest BCUT2D eigenvalue weighted by molar-refractivity contribution is -0.402. The Balaban J connectivity index is 0.00000161. The second-order valence-electron chi connectivity index (χ2n) is 5.62. The molecule has 2 N–H and O–H groups in total. The molecule has 1 saturated heterocycles. The number of nitro groups is 1. The maximum Gasteiger partial charge on any atom is 0.433 e. The van der Waals surface area contributed by atoms with Crippen molar-refractivity contribution in [2.45, 2.75) is 25.3 Å². The summed E-state index contributed by atoms with van der Waals surface area (Å²) in [6.45, 7) is 1.30. The number of hydrogen-bond acceptors (Lipinski definition) is 5. The second kappa shape index (κ2) is 6.03. The summed E-state index contributed by atoms with van der Waals surface area (Å²) in [4.78, 5) is 23.9. The molecule has 8 heteroatoms. The summed E-state index contributed by atoms with van der Waals surface area (Å²) in [5.41, 5.74) is 6.11. The van der Waals surface area contributed by atoms with Crippen molar-refractivity contribution in [2.24, 2.45) is 17.6 Å². The van der Waals surface area contributed by atoms with Gasteiger partial charge in [0, 0.05) is 19.1 Å². The number of furan rings is 1. The third-order valence-electron chi connectivity index (χ3n) is 4.42. The second-order valence-corrected chi connectivity index (χ2v) is 5.62. The highest BCUT2D eigenvalue weighted by atomic mass is 35.5. The molecule has 7 nitrogen and oxygen atoms in total. The van der Waals surface area contributed by atoms with Crippen LogP contribution < -0.4 is 5.73 Å². The van der Waals surface area contributed by atoms with E-state index in [-0.39, 0.29) is 30.1 Å². The number of nitrogens with zero attached hydrogens (tertiary/aromatic N) is 2. The topological polar surface area (TPSA) is 103 Å². The first kappa shape index (κ1) is 15.8. The van der Waals surface area contributed by atoms with E-state index in [2.05, 4.69) is 0 Å². The lowest BCUT2D eigenvalue weighted by Gasteiger charge is -2.29. The van der Waals surface area contributed by atoms with Crippen molar-refractivity contribution >= 4 is 24.2 Å². The van der Waals surface area contributed by atoms with Crippen LogP contribution in [0.4, 0.5) is 5.88 Å². The predicted molar refractivity (Wildman–Crippen MR) is 77.3 cm³/mol. The maximum absolute atomic E-state index is 12.3. The van der Waals surface area contributed by atoms with E-state index in [1.54, 1.807) is 4.90 Å². The largest absolute Gasteiger partial charge is 0.433 e. The first-order valence-electron chi connectivity index (χ1n) is 6.85. The Morgan fingerprint density at radius 1 is 1.38 bits per heavy atom. The van der Waals surface area contributed by atoms with Gasteiger partial charge in [0.25, 0.3) is 5.91 Å². The molecular weight excluding hydrogens is 298 g/mol. The number of rotatable bonds is 2. The van der Waals surface area contributed by atoms with Crippen LogP contribution in [-0.2, 0) is 0 Å². The molecule has 1 aromatic rings. The van der Waals surface area contributed by atoms with E-state index >= 15 is 0 Å². The number of nitrogens with two attached hydrogens (primary N) is 1. The summed E-state index contributed by atoms with van der Waals surface area (Å²) in [5, 5.41) is 10.6. The van der Waals surface area contributed by atoms with Gasteiger partial charge >= 0.3 is 5.88 Å². The Hall–Kier alpha value is -1.60. The molecule has 0 spiro atoms. The molecule has 1 saturated carbocycles. The number of halogens is 1. The molecule has 1 amide bonds. The molecule has 0 aromatic carbocycles. The predicted octanol–water partition coefficient (Wildman–Crippen LogP) is 1.81. The quantitative estimate of drug-likeness (QED) is 0.662. The highest BCUT2D eigenvalue weighted by Gasteiger charge is 2.41. The summed E-state index contributed by atoms with van der Waals surface area (Å²) >= 11 is 0. The Labute approximate surface area is 128 Å². The fourth-order valence-corrected chi connectivity index (χ4v) is 3.38. The lowest BCUT2D eigenvalue weighted by Crippen LogP contribution is -2.38. The van der Waals surface area contributed by atoms with Gasteiger partial charge < -0.3 is 15.1 Å². The Bertz CT molecular complexity index is 547. The highest BCUT2D eigenvalue weighted by Crippen LogP contribution is 2.36. The lowest BCUT2D eigenvalue weighted by atomic mass is 9.78. The standard InChI is InChI=1S/C13H17N3O4.ClH/c14-10-3-1-2-8-6-15(7-9(8)10)13(17)11-4-5-12(20-11)16(18)19;/h4-5,8-10H,1-3,6-7,14H2;1H. The van der Waals surface area contributed by atoms with Gasteiger partial charge in [-0.05, 0) is 30.7 Å². The van der Waals surface area contributed by atoms with Gasteiger partial charge in [-0.15, -0.1) is 12.4 Å². The molecule has 1 aliphatic carbocycles. The Morgan fingerprint density at radius 3 is 2.76 bits per heavy atom. The first-order valence-corrected chi connectivity index (χ1v) is 6.85. The van der Waals surface area contributed by atoms with Crippen molar-refractivity contribution in [1.29, 1.82) is 0 Å². The minimum absolute atomic E-state index is 0. The van der Waals surface area contributed by atoms with Crippen LogP contribution in [-0.4, -0.2) is 34.9 Å². The molecule has 1 aromatic heterocycles. The van der Waals surface area contributed by atoms with Gasteiger partial charge in [-0.25, -0.2) is 0 Å². The van der Waals surface area contributed by atoms with Crippen LogP contribution in [0.5, 0.6) is 0 Å². The number of carbonyl (C=O) groups excluding carboxylic acids is 1. The average Bonchev–Trinajstić information content (AvgIpc) is 3.05. The molecule has 2 aliphatic rings. The van der Waals surface area contributed by atoms with Gasteiger partial charge in [-0.1, -0.05) is 6.42 Å². The summed E-state index contributed by atoms with van der Waals surface area (Å²) in [7, 11) is 0. The van der Waals surface area contributed by atoms with Crippen molar-refractivity contribution in [3.05, 3.63) is 28.0 Å². The number of amides is 1. The van der Waals surface area contributed by atoms with E-state index in [4.69, 9.17) is 10.2 Å². The average molecular weight is 316 g/mol. The van der Waals surface area contributed by atoms with Crippen molar-refractivity contribution in [2.75, 3.05) is 13.1 Å². The zero-order chi connectivity index (χ0) is 14.3. The normalized spacial score (nSPS) is 27.9. The summed E-state index contributed by atoms with van der Waals surface area (Å²) in [6, 6.07) is 2.72. The molecule has 116 valence electrons. The zero-order valence-corrected chi connectivity index (χ0v) is 12.3. The van der Waals surface area contributed by atoms with Gasteiger partial charge in [0.15, 0.2) is 5.76 Å². The third-order valence-corrected chi connectivity index (χ3v) is 4.42. The summed E-state index contributed by atoms with van der Waals surface area (Å²) < 4.78 is 4.98. The first-order chi connectivity index (χ1) is 9.56. The van der Waals surface area contributed by atoms with Gasteiger partial charge in [-0.3, -0.25) is 14.9 Å². The van der Waals surface area contributed by atoms with Crippen molar-refractivity contribution < 1.29 is 14.1 Å². The van der Waals surface area contributed by atoms with E-state index < -0.39 is 10.8 Å². The molecule has 2 fully saturated rings. The van der Waals surface area contributed by atoms with Gasteiger partial charge in [0.05, 0.1) is 6.07 Å². The molecule has 2 heterocycles. The molecule has 1 aliphatic heterocycles. The molecule has 21 heavy (non-hydrogen) atoms. The smallest absolute Gasteiger partial charge is 0.395 e. The van der Waals surface area contributed by atoms with Crippen LogP contribution in [0, 0.1) is 22.0 Å².